The van der Waals surface area contributed by atoms with Crippen LogP contribution < -0.4 is 9.80 Å². The SMILES string of the molecule is CCN(CC)c1ccccc1C=C(C(=Cc1ccccc1N(CC)CC)c1ccccc1)c1ccccc1. The van der Waals surface area contributed by atoms with Gasteiger partial charge < -0.3 is 9.80 Å². The smallest absolute Gasteiger partial charge is 0.0439 e. The van der Waals surface area contributed by atoms with Crippen LogP contribution >= 0.6 is 0 Å². The number of allylic oxidation sites excluding steroid dienone is 2. The highest BCUT2D eigenvalue weighted by atomic mass is 15.1. The van der Waals surface area contributed by atoms with Crippen molar-refractivity contribution in [1.82, 2.24) is 0 Å². The zero-order valence-corrected chi connectivity index (χ0v) is 23.3. The zero-order chi connectivity index (χ0) is 26.7. The maximum atomic E-state index is 2.43. The van der Waals surface area contributed by atoms with Crippen LogP contribution in [0.1, 0.15) is 49.9 Å². The van der Waals surface area contributed by atoms with E-state index in [-0.39, 0.29) is 0 Å². The second-order valence-electron chi connectivity index (χ2n) is 9.31. The van der Waals surface area contributed by atoms with E-state index < -0.39 is 0 Å². The number of hydrogen-bond donors (Lipinski definition) is 0. The van der Waals surface area contributed by atoms with Crippen molar-refractivity contribution in [3.8, 4) is 0 Å². The minimum Gasteiger partial charge on any atom is -0.372 e. The van der Waals surface area contributed by atoms with E-state index in [1.807, 2.05) is 0 Å². The van der Waals surface area contributed by atoms with E-state index in [9.17, 15) is 0 Å². The number of para-hydroxylation sites is 2. The van der Waals surface area contributed by atoms with E-state index in [1.54, 1.807) is 0 Å². The predicted octanol–water partition coefficient (Wildman–Crippen LogP) is 9.16. The summed E-state index contributed by atoms with van der Waals surface area (Å²) in [4.78, 5) is 4.85. The lowest BCUT2D eigenvalue weighted by Crippen LogP contribution is -2.22. The van der Waals surface area contributed by atoms with Gasteiger partial charge in [-0.3, -0.25) is 0 Å². The lowest BCUT2D eigenvalue weighted by atomic mass is 9.88. The van der Waals surface area contributed by atoms with Gasteiger partial charge in [-0.25, -0.2) is 0 Å². The topological polar surface area (TPSA) is 6.48 Å². The molecule has 2 heteroatoms. The lowest BCUT2D eigenvalue weighted by molar-refractivity contribution is 0.865. The minimum absolute atomic E-state index is 0.973. The van der Waals surface area contributed by atoms with E-state index in [0.29, 0.717) is 0 Å². The summed E-state index contributed by atoms with van der Waals surface area (Å²) < 4.78 is 0. The molecule has 0 saturated heterocycles. The summed E-state index contributed by atoms with van der Waals surface area (Å²) in [5, 5.41) is 0. The Morgan fingerprint density at radius 1 is 0.447 bits per heavy atom. The molecule has 0 radical (unpaired) electrons. The molecule has 0 spiro atoms. The van der Waals surface area contributed by atoms with Crippen LogP contribution in [0.3, 0.4) is 0 Å². The Balaban J connectivity index is 2.01. The van der Waals surface area contributed by atoms with Crippen molar-refractivity contribution in [2.24, 2.45) is 0 Å². The Hall–Kier alpha value is -4.04. The summed E-state index contributed by atoms with van der Waals surface area (Å²) in [7, 11) is 0. The molecule has 0 aliphatic carbocycles. The molecule has 2 nitrogen and oxygen atoms in total. The summed E-state index contributed by atoms with van der Waals surface area (Å²) in [5.41, 5.74) is 9.83. The second kappa shape index (κ2) is 13.5. The van der Waals surface area contributed by atoms with Crippen LogP contribution in [0, 0.1) is 0 Å². The maximum absolute atomic E-state index is 2.43. The summed E-state index contributed by atoms with van der Waals surface area (Å²) in [6.07, 6.45) is 4.75. The molecule has 4 aromatic rings. The fraction of sp³-hybridized carbons (Fsp3) is 0.222. The van der Waals surface area contributed by atoms with Gasteiger partial charge in [-0.05, 0) is 85.4 Å². The van der Waals surface area contributed by atoms with Gasteiger partial charge in [-0.1, -0.05) is 97.1 Å². The van der Waals surface area contributed by atoms with Crippen LogP contribution in [0.25, 0.3) is 23.3 Å². The summed E-state index contributed by atoms with van der Waals surface area (Å²) in [6.45, 7) is 12.8. The average molecular weight is 501 g/mol. The van der Waals surface area contributed by atoms with Crippen LogP contribution in [-0.2, 0) is 0 Å². The molecule has 0 N–H and O–H groups in total. The number of hydrogen-bond acceptors (Lipinski definition) is 2. The molecular weight excluding hydrogens is 460 g/mol. The highest BCUT2D eigenvalue weighted by Gasteiger charge is 2.15. The van der Waals surface area contributed by atoms with Gasteiger partial charge in [0.1, 0.15) is 0 Å². The van der Waals surface area contributed by atoms with Gasteiger partial charge in [0.2, 0.25) is 0 Å². The molecule has 4 rings (SSSR count). The Morgan fingerprint density at radius 2 is 0.763 bits per heavy atom. The quantitative estimate of drug-likeness (QED) is 0.150. The molecule has 0 fully saturated rings. The van der Waals surface area contributed by atoms with Crippen LogP contribution in [0.15, 0.2) is 109 Å². The summed E-state index contributed by atoms with van der Waals surface area (Å²) in [6, 6.07) is 39.1. The Morgan fingerprint density at radius 3 is 1.11 bits per heavy atom. The summed E-state index contributed by atoms with van der Waals surface area (Å²) in [5.74, 6) is 0. The Labute approximate surface area is 229 Å². The fourth-order valence-corrected chi connectivity index (χ4v) is 5.10. The minimum atomic E-state index is 0.973. The van der Waals surface area contributed by atoms with E-state index in [2.05, 4.69) is 159 Å². The molecule has 0 aromatic heterocycles. The monoisotopic (exact) mass is 500 g/mol. The molecule has 38 heavy (non-hydrogen) atoms. The molecule has 0 heterocycles. The first-order valence-corrected chi connectivity index (χ1v) is 13.9. The molecule has 0 aliphatic heterocycles. The molecule has 4 aromatic carbocycles. The predicted molar refractivity (Wildman–Crippen MR) is 169 cm³/mol. The van der Waals surface area contributed by atoms with Gasteiger partial charge in [0, 0.05) is 37.6 Å². The van der Waals surface area contributed by atoms with Crippen LogP contribution in [0.2, 0.25) is 0 Å². The van der Waals surface area contributed by atoms with Crippen LogP contribution in [0.4, 0.5) is 11.4 Å². The fourth-order valence-electron chi connectivity index (χ4n) is 5.10. The second-order valence-corrected chi connectivity index (χ2v) is 9.31. The summed E-state index contributed by atoms with van der Waals surface area (Å²) >= 11 is 0. The van der Waals surface area contributed by atoms with Gasteiger partial charge in [0.15, 0.2) is 0 Å². The third kappa shape index (κ3) is 6.26. The Kier molecular flexibility index (Phi) is 9.59. The molecule has 0 saturated carbocycles. The van der Waals surface area contributed by atoms with Gasteiger partial charge in [-0.2, -0.15) is 0 Å². The van der Waals surface area contributed by atoms with E-state index in [0.717, 1.165) is 26.2 Å². The van der Waals surface area contributed by atoms with Crippen molar-refractivity contribution in [1.29, 1.82) is 0 Å². The third-order valence-corrected chi connectivity index (χ3v) is 7.14. The van der Waals surface area contributed by atoms with Crippen molar-refractivity contribution in [3.05, 3.63) is 131 Å². The largest absolute Gasteiger partial charge is 0.372 e. The van der Waals surface area contributed by atoms with Crippen molar-refractivity contribution >= 4 is 34.7 Å². The molecule has 0 bridgehead atoms. The number of rotatable bonds is 11. The third-order valence-electron chi connectivity index (χ3n) is 7.14. The molecule has 194 valence electrons. The van der Waals surface area contributed by atoms with Gasteiger partial charge in [0.25, 0.3) is 0 Å². The first-order valence-electron chi connectivity index (χ1n) is 13.9. The molecule has 0 unspecified atom stereocenters. The molecular formula is C36H40N2. The molecule has 0 atom stereocenters. The first-order chi connectivity index (χ1) is 18.7. The van der Waals surface area contributed by atoms with Crippen molar-refractivity contribution in [3.63, 3.8) is 0 Å². The first kappa shape index (κ1) is 27.0. The standard InChI is InChI=1S/C36H40N2/c1-5-37(6-2)35-25-17-15-23-31(35)27-33(29-19-11-9-12-20-29)34(30-21-13-10-14-22-30)28-32-24-16-18-26-36(32)38(7-3)8-4/h9-28H,5-8H2,1-4H3. The van der Waals surface area contributed by atoms with Gasteiger partial charge in [-0.15, -0.1) is 0 Å². The number of anilines is 2. The van der Waals surface area contributed by atoms with E-state index >= 15 is 0 Å². The van der Waals surface area contributed by atoms with Crippen molar-refractivity contribution in [2.75, 3.05) is 36.0 Å². The van der Waals surface area contributed by atoms with E-state index in [1.165, 1.54) is 44.8 Å². The van der Waals surface area contributed by atoms with Gasteiger partial charge >= 0.3 is 0 Å². The maximum Gasteiger partial charge on any atom is 0.0439 e. The highest BCUT2D eigenvalue weighted by Crippen LogP contribution is 2.38. The molecule has 0 aliphatic rings. The molecule has 0 amide bonds. The normalized spacial score (nSPS) is 11.9. The zero-order valence-electron chi connectivity index (χ0n) is 23.3. The van der Waals surface area contributed by atoms with Crippen molar-refractivity contribution < 1.29 is 0 Å². The number of nitrogens with zero attached hydrogens (tertiary/aromatic N) is 2. The van der Waals surface area contributed by atoms with Gasteiger partial charge in [0.05, 0.1) is 0 Å². The highest BCUT2D eigenvalue weighted by molar-refractivity contribution is 6.16. The van der Waals surface area contributed by atoms with Crippen molar-refractivity contribution in [2.45, 2.75) is 27.7 Å². The Bertz CT molecular complexity index is 1240. The van der Waals surface area contributed by atoms with Crippen LogP contribution in [0.5, 0.6) is 0 Å². The number of benzene rings is 4. The van der Waals surface area contributed by atoms with Crippen LogP contribution in [-0.4, -0.2) is 26.2 Å². The van der Waals surface area contributed by atoms with E-state index in [4.69, 9.17) is 0 Å². The average Bonchev–Trinajstić information content (AvgIpc) is 2.98. The lowest BCUT2D eigenvalue weighted by Gasteiger charge is -2.25.